The first-order chi connectivity index (χ1) is 13.0. The number of methoxy groups -OCH3 is 1. The number of nitrogens with zero attached hydrogens (tertiary/aromatic N) is 1. The number of guanidine groups is 1. The number of aliphatic imine (C=N–C) groups is 1. The number of amides is 1. The van der Waals surface area contributed by atoms with Crippen molar-refractivity contribution >= 4 is 53.1 Å². The fourth-order valence-electron chi connectivity index (χ4n) is 2.53. The Labute approximate surface area is 188 Å². The number of halogens is 1. The number of nitrogens with one attached hydrogen (secondary N) is 3. The second kappa shape index (κ2) is 12.6. The summed E-state index contributed by atoms with van der Waals surface area (Å²) in [5, 5.41) is 9.39. The molecule has 1 amide bonds. The van der Waals surface area contributed by atoms with E-state index in [9.17, 15) is 4.79 Å². The summed E-state index contributed by atoms with van der Waals surface area (Å²) >= 11 is 1.83. The Morgan fingerprint density at radius 1 is 1.21 bits per heavy atom. The van der Waals surface area contributed by atoms with Gasteiger partial charge >= 0.3 is 6.09 Å². The molecule has 154 valence electrons. The predicted octanol–water partition coefficient (Wildman–Crippen LogP) is 4.54. The van der Waals surface area contributed by atoms with Crippen LogP contribution in [0.5, 0.6) is 0 Å². The fraction of sp³-hybridized carbons (Fsp3) is 0.400. The largest absolute Gasteiger partial charge is 0.453 e. The third-order valence-electron chi connectivity index (χ3n) is 3.84. The average Bonchev–Trinajstić information content (AvgIpc) is 3.05. The topological polar surface area (TPSA) is 74.8 Å². The minimum atomic E-state index is -0.477. The Kier molecular flexibility index (Phi) is 10.9. The lowest BCUT2D eigenvalue weighted by atomic mass is 10.2. The van der Waals surface area contributed by atoms with Crippen LogP contribution in [0.3, 0.4) is 0 Å². The highest BCUT2D eigenvalue weighted by molar-refractivity contribution is 14.0. The number of hydrogen-bond donors (Lipinski definition) is 3. The third-order valence-corrected chi connectivity index (χ3v) is 4.86. The van der Waals surface area contributed by atoms with E-state index in [0.717, 1.165) is 24.5 Å². The smallest absolute Gasteiger partial charge is 0.411 e. The average molecular weight is 516 g/mol. The number of aryl methyl sites for hydroxylation is 1. The molecule has 1 heterocycles. The molecule has 0 aliphatic heterocycles. The lowest BCUT2D eigenvalue weighted by molar-refractivity contribution is 0.187. The molecule has 1 atom stereocenters. The van der Waals surface area contributed by atoms with Gasteiger partial charge in [-0.2, -0.15) is 0 Å². The number of carbonyl (C=O) groups excluding carboxylic acids is 1. The van der Waals surface area contributed by atoms with Crippen LogP contribution < -0.4 is 16.0 Å². The number of thiophene rings is 1. The van der Waals surface area contributed by atoms with Crippen LogP contribution in [0.1, 0.15) is 29.2 Å². The zero-order valence-corrected chi connectivity index (χ0v) is 19.9. The van der Waals surface area contributed by atoms with Crippen LogP contribution >= 0.6 is 35.3 Å². The first kappa shape index (κ1) is 24.2. The molecule has 0 saturated carbocycles. The maximum Gasteiger partial charge on any atom is 0.411 e. The van der Waals surface area contributed by atoms with E-state index in [1.165, 1.54) is 16.9 Å². The Balaban J connectivity index is 0.00000392. The van der Waals surface area contributed by atoms with Crippen LogP contribution in [0, 0.1) is 6.92 Å². The molecule has 28 heavy (non-hydrogen) atoms. The molecule has 0 fully saturated rings. The minimum absolute atomic E-state index is 0. The molecule has 8 heteroatoms. The van der Waals surface area contributed by atoms with Gasteiger partial charge in [-0.1, -0.05) is 12.1 Å². The van der Waals surface area contributed by atoms with Gasteiger partial charge in [0.05, 0.1) is 13.7 Å². The summed E-state index contributed by atoms with van der Waals surface area (Å²) in [6, 6.07) is 12.2. The first-order valence-electron chi connectivity index (χ1n) is 9.04. The summed E-state index contributed by atoms with van der Waals surface area (Å²) in [5.41, 5.74) is 1.75. The van der Waals surface area contributed by atoms with E-state index >= 15 is 0 Å². The predicted molar refractivity (Wildman–Crippen MR) is 128 cm³/mol. The quantitative estimate of drug-likeness (QED) is 0.287. The normalized spacial score (nSPS) is 11.9. The maximum absolute atomic E-state index is 11.2. The SMILES string of the molecule is CCNC(=NCc1ccc(NC(=O)OC)cc1)NC(C)Cc1ccc(C)s1.I. The van der Waals surface area contributed by atoms with Gasteiger partial charge in [-0.25, -0.2) is 9.79 Å². The van der Waals surface area contributed by atoms with Gasteiger partial charge in [0.2, 0.25) is 0 Å². The third kappa shape index (κ3) is 8.47. The van der Waals surface area contributed by atoms with Gasteiger partial charge in [-0.3, -0.25) is 5.32 Å². The van der Waals surface area contributed by atoms with E-state index in [1.54, 1.807) is 0 Å². The Hall–Kier alpha value is -1.81. The van der Waals surface area contributed by atoms with Gasteiger partial charge in [-0.15, -0.1) is 35.3 Å². The molecule has 6 nitrogen and oxygen atoms in total. The van der Waals surface area contributed by atoms with E-state index in [4.69, 9.17) is 0 Å². The van der Waals surface area contributed by atoms with Crippen molar-refractivity contribution in [3.8, 4) is 0 Å². The molecule has 0 aliphatic carbocycles. The molecule has 1 unspecified atom stereocenters. The zero-order chi connectivity index (χ0) is 19.6. The van der Waals surface area contributed by atoms with Crippen LogP contribution in [0.4, 0.5) is 10.5 Å². The van der Waals surface area contributed by atoms with Crippen LogP contribution in [0.15, 0.2) is 41.4 Å². The molecule has 1 aromatic carbocycles. The van der Waals surface area contributed by atoms with E-state index in [2.05, 4.69) is 58.6 Å². The Morgan fingerprint density at radius 3 is 2.50 bits per heavy atom. The number of carbonyl (C=O) groups is 1. The summed E-state index contributed by atoms with van der Waals surface area (Å²) in [4.78, 5) is 18.6. The second-order valence-electron chi connectivity index (χ2n) is 6.27. The minimum Gasteiger partial charge on any atom is -0.453 e. The van der Waals surface area contributed by atoms with Crippen molar-refractivity contribution in [2.24, 2.45) is 4.99 Å². The first-order valence-corrected chi connectivity index (χ1v) is 9.86. The highest BCUT2D eigenvalue weighted by Gasteiger charge is 2.08. The molecular formula is C20H29IN4O2S. The van der Waals surface area contributed by atoms with Crippen LogP contribution in [0.25, 0.3) is 0 Å². The maximum atomic E-state index is 11.2. The van der Waals surface area contributed by atoms with Crippen molar-refractivity contribution in [3.63, 3.8) is 0 Å². The molecule has 1 aromatic heterocycles. The van der Waals surface area contributed by atoms with Gasteiger partial charge in [0.15, 0.2) is 5.96 Å². The number of ether oxygens (including phenoxy) is 1. The van der Waals surface area contributed by atoms with Crippen molar-refractivity contribution in [1.29, 1.82) is 0 Å². The Morgan fingerprint density at radius 2 is 1.93 bits per heavy atom. The number of rotatable bonds is 7. The lowest BCUT2D eigenvalue weighted by Gasteiger charge is -2.17. The Bertz CT molecular complexity index is 762. The molecular weight excluding hydrogens is 487 g/mol. The van der Waals surface area contributed by atoms with Crippen LogP contribution in [0.2, 0.25) is 0 Å². The molecule has 0 bridgehead atoms. The summed E-state index contributed by atoms with van der Waals surface area (Å²) in [6.07, 6.45) is 0.492. The zero-order valence-electron chi connectivity index (χ0n) is 16.7. The van der Waals surface area contributed by atoms with Gasteiger partial charge in [0.1, 0.15) is 0 Å². The van der Waals surface area contributed by atoms with Gasteiger partial charge in [0.25, 0.3) is 0 Å². The van der Waals surface area contributed by atoms with Gasteiger partial charge < -0.3 is 15.4 Å². The summed E-state index contributed by atoms with van der Waals surface area (Å²) in [5.74, 6) is 0.801. The number of hydrogen-bond acceptors (Lipinski definition) is 4. The standard InChI is InChI=1S/C20H28N4O2S.HI/c1-5-21-19(23-14(2)12-18-11-6-15(3)27-18)22-13-16-7-9-17(10-8-16)24-20(25)26-4;/h6-11,14H,5,12-13H2,1-4H3,(H,24,25)(H2,21,22,23);1H. The van der Waals surface area contributed by atoms with Crippen molar-refractivity contribution < 1.29 is 9.53 Å². The molecule has 0 saturated heterocycles. The van der Waals surface area contributed by atoms with E-state index in [-0.39, 0.29) is 30.0 Å². The second-order valence-corrected chi connectivity index (χ2v) is 7.64. The monoisotopic (exact) mass is 516 g/mol. The molecule has 0 spiro atoms. The molecule has 2 rings (SSSR count). The van der Waals surface area contributed by atoms with Gasteiger partial charge in [0, 0.05) is 34.4 Å². The molecule has 0 radical (unpaired) electrons. The fourth-order valence-corrected chi connectivity index (χ4v) is 3.55. The number of benzene rings is 1. The number of anilines is 1. The van der Waals surface area contributed by atoms with E-state index < -0.39 is 6.09 Å². The van der Waals surface area contributed by atoms with Crippen molar-refractivity contribution in [1.82, 2.24) is 10.6 Å². The molecule has 2 aromatic rings. The highest BCUT2D eigenvalue weighted by atomic mass is 127. The molecule has 0 aliphatic rings. The van der Waals surface area contributed by atoms with Gasteiger partial charge in [-0.05, 0) is 50.6 Å². The van der Waals surface area contributed by atoms with Crippen molar-refractivity contribution in [3.05, 3.63) is 51.7 Å². The van der Waals surface area contributed by atoms with E-state index in [1.807, 2.05) is 35.6 Å². The summed E-state index contributed by atoms with van der Waals surface area (Å²) in [7, 11) is 1.34. The lowest BCUT2D eigenvalue weighted by Crippen LogP contribution is -2.43. The van der Waals surface area contributed by atoms with Crippen LogP contribution in [-0.4, -0.2) is 31.7 Å². The highest BCUT2D eigenvalue weighted by Crippen LogP contribution is 2.16. The van der Waals surface area contributed by atoms with Crippen LogP contribution in [-0.2, 0) is 17.7 Å². The summed E-state index contributed by atoms with van der Waals surface area (Å²) < 4.78 is 4.58. The molecule has 3 N–H and O–H groups in total. The van der Waals surface area contributed by atoms with Crippen molar-refractivity contribution in [2.75, 3.05) is 19.0 Å². The van der Waals surface area contributed by atoms with Crippen molar-refractivity contribution in [2.45, 2.75) is 39.8 Å². The van der Waals surface area contributed by atoms with E-state index in [0.29, 0.717) is 12.2 Å². The summed E-state index contributed by atoms with van der Waals surface area (Å²) in [6.45, 7) is 7.70.